The molecule has 0 radical (unpaired) electrons. The number of hydrogen-bond donors (Lipinski definition) is 1. The smallest absolute Gasteiger partial charge is 0.225 e. The molecule has 0 bridgehead atoms. The van der Waals surface area contributed by atoms with Crippen molar-refractivity contribution in [2.24, 2.45) is 5.73 Å². The third-order valence-corrected chi connectivity index (χ3v) is 3.77. The van der Waals surface area contributed by atoms with Crippen molar-refractivity contribution in [1.82, 2.24) is 9.97 Å². The first kappa shape index (κ1) is 13.8. The first-order chi connectivity index (χ1) is 10.3. The van der Waals surface area contributed by atoms with Crippen LogP contribution in [0.25, 0.3) is 11.3 Å². The summed E-state index contributed by atoms with van der Waals surface area (Å²) < 4.78 is 5.18. The zero-order chi connectivity index (χ0) is 14.7. The molecule has 1 aliphatic heterocycles. The lowest BCUT2D eigenvalue weighted by Gasteiger charge is -2.30. The van der Waals surface area contributed by atoms with Crippen molar-refractivity contribution in [2.75, 3.05) is 25.1 Å². The minimum absolute atomic E-state index is 0.215. The van der Waals surface area contributed by atoms with E-state index in [2.05, 4.69) is 14.9 Å². The van der Waals surface area contributed by atoms with Gasteiger partial charge < -0.3 is 15.4 Å². The highest BCUT2D eigenvalue weighted by Gasteiger charge is 2.19. The van der Waals surface area contributed by atoms with Gasteiger partial charge in [-0.25, -0.2) is 9.97 Å². The van der Waals surface area contributed by atoms with Crippen LogP contribution in [0.5, 0.6) is 5.75 Å². The maximum atomic E-state index is 6.03. The van der Waals surface area contributed by atoms with Gasteiger partial charge in [0.15, 0.2) is 0 Å². The summed E-state index contributed by atoms with van der Waals surface area (Å²) in [6.07, 6.45) is 3.98. The molecule has 21 heavy (non-hydrogen) atoms. The molecule has 1 saturated heterocycles. The Morgan fingerprint density at radius 3 is 2.76 bits per heavy atom. The first-order valence-electron chi connectivity index (χ1n) is 7.24. The molecule has 5 nitrogen and oxygen atoms in total. The molecular weight excluding hydrogens is 264 g/mol. The van der Waals surface area contributed by atoms with Crippen LogP contribution in [-0.4, -0.2) is 36.2 Å². The van der Waals surface area contributed by atoms with Gasteiger partial charge in [-0.2, -0.15) is 0 Å². The molecule has 1 aliphatic rings. The van der Waals surface area contributed by atoms with Crippen LogP contribution in [0.1, 0.15) is 12.8 Å². The van der Waals surface area contributed by atoms with Gasteiger partial charge in [0.1, 0.15) is 5.75 Å². The fourth-order valence-electron chi connectivity index (χ4n) is 2.61. The number of rotatable bonds is 3. The van der Waals surface area contributed by atoms with Gasteiger partial charge in [-0.1, -0.05) is 0 Å². The van der Waals surface area contributed by atoms with E-state index in [0.717, 1.165) is 48.9 Å². The number of aromatic nitrogens is 2. The van der Waals surface area contributed by atoms with E-state index in [-0.39, 0.29) is 6.04 Å². The fraction of sp³-hybridized carbons (Fsp3) is 0.375. The van der Waals surface area contributed by atoms with Crippen LogP contribution >= 0.6 is 0 Å². The number of nitrogens with zero attached hydrogens (tertiary/aromatic N) is 3. The van der Waals surface area contributed by atoms with E-state index in [4.69, 9.17) is 10.5 Å². The number of anilines is 1. The van der Waals surface area contributed by atoms with Crippen molar-refractivity contribution < 1.29 is 4.74 Å². The lowest BCUT2D eigenvalue weighted by molar-refractivity contribution is 0.415. The number of methoxy groups -OCH3 is 1. The molecule has 1 fully saturated rings. The van der Waals surface area contributed by atoms with Gasteiger partial charge in [-0.3, -0.25) is 0 Å². The average Bonchev–Trinajstić information content (AvgIpc) is 2.55. The topological polar surface area (TPSA) is 64.3 Å². The third-order valence-electron chi connectivity index (χ3n) is 3.77. The summed E-state index contributed by atoms with van der Waals surface area (Å²) in [6, 6.07) is 10.0. The predicted molar refractivity (Wildman–Crippen MR) is 83.4 cm³/mol. The molecule has 1 aromatic carbocycles. The number of nitrogens with two attached hydrogens (primary N) is 1. The van der Waals surface area contributed by atoms with Crippen LogP contribution in [0.3, 0.4) is 0 Å². The summed E-state index contributed by atoms with van der Waals surface area (Å²) in [4.78, 5) is 11.2. The summed E-state index contributed by atoms with van der Waals surface area (Å²) >= 11 is 0. The molecule has 1 atom stereocenters. The van der Waals surface area contributed by atoms with Crippen LogP contribution in [0.2, 0.25) is 0 Å². The normalized spacial score (nSPS) is 18.6. The Bertz CT molecular complexity index is 599. The van der Waals surface area contributed by atoms with Gasteiger partial charge in [0.05, 0.1) is 12.8 Å². The average molecular weight is 284 g/mol. The Morgan fingerprint density at radius 1 is 1.24 bits per heavy atom. The summed E-state index contributed by atoms with van der Waals surface area (Å²) in [5.74, 6) is 1.61. The molecular formula is C16H20N4O. The minimum Gasteiger partial charge on any atom is -0.497 e. The van der Waals surface area contributed by atoms with Crippen molar-refractivity contribution in [3.8, 4) is 17.0 Å². The van der Waals surface area contributed by atoms with Crippen LogP contribution in [-0.2, 0) is 0 Å². The van der Waals surface area contributed by atoms with Crippen LogP contribution < -0.4 is 15.4 Å². The van der Waals surface area contributed by atoms with E-state index >= 15 is 0 Å². The molecule has 2 N–H and O–H groups in total. The largest absolute Gasteiger partial charge is 0.497 e. The summed E-state index contributed by atoms with van der Waals surface area (Å²) in [5.41, 5.74) is 8.01. The number of piperidine rings is 1. The fourth-order valence-corrected chi connectivity index (χ4v) is 2.61. The molecule has 2 heterocycles. The second kappa shape index (κ2) is 6.10. The second-order valence-corrected chi connectivity index (χ2v) is 5.32. The van der Waals surface area contributed by atoms with Gasteiger partial charge in [-0.15, -0.1) is 0 Å². The van der Waals surface area contributed by atoms with Crippen LogP contribution in [0.4, 0.5) is 5.95 Å². The highest BCUT2D eigenvalue weighted by molar-refractivity contribution is 5.61. The van der Waals surface area contributed by atoms with Gasteiger partial charge in [0.2, 0.25) is 5.95 Å². The first-order valence-corrected chi connectivity index (χ1v) is 7.24. The number of benzene rings is 1. The molecule has 1 aromatic heterocycles. The lowest BCUT2D eigenvalue weighted by atomic mass is 10.1. The highest BCUT2D eigenvalue weighted by Crippen LogP contribution is 2.23. The van der Waals surface area contributed by atoms with Crippen molar-refractivity contribution in [1.29, 1.82) is 0 Å². The number of ether oxygens (including phenoxy) is 1. The van der Waals surface area contributed by atoms with Gasteiger partial charge in [0.25, 0.3) is 0 Å². The minimum atomic E-state index is 0.215. The van der Waals surface area contributed by atoms with Gasteiger partial charge in [-0.05, 0) is 43.2 Å². The molecule has 0 saturated carbocycles. The van der Waals surface area contributed by atoms with E-state index in [0.29, 0.717) is 0 Å². The summed E-state index contributed by atoms with van der Waals surface area (Å²) in [7, 11) is 1.66. The third kappa shape index (κ3) is 3.13. The van der Waals surface area contributed by atoms with E-state index in [1.165, 1.54) is 0 Å². The van der Waals surface area contributed by atoms with Crippen LogP contribution in [0.15, 0.2) is 36.5 Å². The summed E-state index contributed by atoms with van der Waals surface area (Å²) in [5, 5.41) is 0. The van der Waals surface area contributed by atoms with E-state index in [9.17, 15) is 0 Å². The molecule has 2 aromatic rings. The quantitative estimate of drug-likeness (QED) is 0.935. The zero-order valence-corrected chi connectivity index (χ0v) is 12.2. The Morgan fingerprint density at radius 2 is 2.05 bits per heavy atom. The van der Waals surface area contributed by atoms with Crippen molar-refractivity contribution >= 4 is 5.95 Å². The number of hydrogen-bond acceptors (Lipinski definition) is 5. The maximum absolute atomic E-state index is 6.03. The molecule has 1 unspecified atom stereocenters. The Balaban J connectivity index is 1.85. The monoisotopic (exact) mass is 284 g/mol. The summed E-state index contributed by atoms with van der Waals surface area (Å²) in [6.45, 7) is 1.80. The highest BCUT2D eigenvalue weighted by atomic mass is 16.5. The Hall–Kier alpha value is -2.14. The molecule has 3 rings (SSSR count). The van der Waals surface area contributed by atoms with Gasteiger partial charge >= 0.3 is 0 Å². The SMILES string of the molecule is COc1ccc(-c2ccnc(N3CCCC(N)C3)n2)cc1. The molecule has 110 valence electrons. The van der Waals surface area contributed by atoms with E-state index in [1.807, 2.05) is 36.5 Å². The molecule has 5 heteroatoms. The van der Waals surface area contributed by atoms with E-state index < -0.39 is 0 Å². The Kier molecular flexibility index (Phi) is 4.01. The lowest BCUT2D eigenvalue weighted by Crippen LogP contribution is -2.43. The zero-order valence-electron chi connectivity index (χ0n) is 12.2. The van der Waals surface area contributed by atoms with Crippen molar-refractivity contribution in [2.45, 2.75) is 18.9 Å². The molecule has 0 aliphatic carbocycles. The van der Waals surface area contributed by atoms with Crippen molar-refractivity contribution in [3.05, 3.63) is 36.5 Å². The Labute approximate surface area is 124 Å². The maximum Gasteiger partial charge on any atom is 0.225 e. The standard InChI is InChI=1S/C16H20N4O/c1-21-14-6-4-12(5-7-14)15-8-9-18-16(19-15)20-10-2-3-13(17)11-20/h4-9,13H,2-3,10-11,17H2,1H3. The molecule has 0 spiro atoms. The van der Waals surface area contributed by atoms with Gasteiger partial charge in [0, 0.05) is 30.9 Å². The second-order valence-electron chi connectivity index (χ2n) is 5.32. The predicted octanol–water partition coefficient (Wildman–Crippen LogP) is 2.08. The van der Waals surface area contributed by atoms with Crippen LogP contribution in [0, 0.1) is 0 Å². The van der Waals surface area contributed by atoms with E-state index in [1.54, 1.807) is 7.11 Å². The molecule has 0 amide bonds. The van der Waals surface area contributed by atoms with Crippen molar-refractivity contribution in [3.63, 3.8) is 0 Å².